The van der Waals surface area contributed by atoms with Gasteiger partial charge in [-0.1, -0.05) is 27.2 Å². The number of hydrogen-bond acceptors (Lipinski definition) is 3. The zero-order valence-electron chi connectivity index (χ0n) is 11.3. The highest BCUT2D eigenvalue weighted by atomic mass is 16.5. The molecule has 0 atom stereocenters. The van der Waals surface area contributed by atoms with Crippen molar-refractivity contribution in [3.05, 3.63) is 18.0 Å². The first-order valence-corrected chi connectivity index (χ1v) is 6.55. The monoisotopic (exact) mass is 239 g/mol. The summed E-state index contributed by atoms with van der Waals surface area (Å²) >= 11 is 0. The van der Waals surface area contributed by atoms with Crippen LogP contribution in [0.4, 0.5) is 0 Å². The first-order chi connectivity index (χ1) is 8.22. The lowest BCUT2D eigenvalue weighted by Crippen LogP contribution is -2.22. The molecule has 0 unspecified atom stereocenters. The van der Waals surface area contributed by atoms with Crippen LogP contribution in [0.2, 0.25) is 0 Å². The van der Waals surface area contributed by atoms with E-state index in [1.165, 1.54) is 6.42 Å². The maximum absolute atomic E-state index is 5.51. The Labute approximate surface area is 104 Å². The van der Waals surface area contributed by atoms with E-state index in [1.54, 1.807) is 0 Å². The summed E-state index contributed by atoms with van der Waals surface area (Å²) < 4.78 is 7.46. The Kier molecular flexibility index (Phi) is 6.89. The molecular formula is C13H25N3O. The molecule has 1 rings (SSSR count). The molecule has 0 amide bonds. The van der Waals surface area contributed by atoms with Gasteiger partial charge in [0, 0.05) is 25.4 Å². The van der Waals surface area contributed by atoms with E-state index in [0.717, 1.165) is 38.4 Å². The van der Waals surface area contributed by atoms with Crippen LogP contribution in [0.1, 0.15) is 39.3 Å². The summed E-state index contributed by atoms with van der Waals surface area (Å²) in [7, 11) is 0. The van der Waals surface area contributed by atoms with Gasteiger partial charge >= 0.3 is 0 Å². The lowest BCUT2D eigenvalue weighted by molar-refractivity contribution is 0.121. The van der Waals surface area contributed by atoms with E-state index in [9.17, 15) is 0 Å². The van der Waals surface area contributed by atoms with Crippen molar-refractivity contribution < 1.29 is 4.74 Å². The Morgan fingerprint density at radius 3 is 2.94 bits per heavy atom. The minimum Gasteiger partial charge on any atom is -0.380 e. The number of aromatic nitrogens is 2. The molecular weight excluding hydrogens is 214 g/mol. The fraction of sp³-hybridized carbons (Fsp3) is 0.769. The zero-order valence-corrected chi connectivity index (χ0v) is 11.3. The number of ether oxygens (including phenoxy) is 1. The second-order valence-electron chi connectivity index (χ2n) is 4.57. The summed E-state index contributed by atoms with van der Waals surface area (Å²) in [6.45, 7) is 9.73. The number of nitrogens with one attached hydrogen (secondary N) is 1. The molecule has 0 aliphatic heterocycles. The molecule has 0 saturated heterocycles. The Balaban J connectivity index is 2.17. The van der Waals surface area contributed by atoms with Gasteiger partial charge in [-0.05, 0) is 12.5 Å². The average Bonchev–Trinajstić information content (AvgIpc) is 2.74. The first-order valence-electron chi connectivity index (χ1n) is 6.55. The molecule has 0 aliphatic carbocycles. The van der Waals surface area contributed by atoms with Gasteiger partial charge < -0.3 is 10.1 Å². The van der Waals surface area contributed by atoms with E-state index in [-0.39, 0.29) is 0 Å². The maximum atomic E-state index is 5.51. The van der Waals surface area contributed by atoms with Crippen LogP contribution in [0.15, 0.2) is 12.3 Å². The summed E-state index contributed by atoms with van der Waals surface area (Å²) in [5.74, 6) is 0. The molecule has 1 heterocycles. The second-order valence-corrected chi connectivity index (χ2v) is 4.57. The van der Waals surface area contributed by atoms with Crippen LogP contribution in [0.25, 0.3) is 0 Å². The molecule has 4 nitrogen and oxygen atoms in total. The van der Waals surface area contributed by atoms with Crippen LogP contribution in [0.3, 0.4) is 0 Å². The molecule has 0 fully saturated rings. The molecule has 0 aliphatic rings. The van der Waals surface area contributed by atoms with E-state index in [4.69, 9.17) is 4.74 Å². The minimum atomic E-state index is 0.498. The summed E-state index contributed by atoms with van der Waals surface area (Å²) in [4.78, 5) is 0. The van der Waals surface area contributed by atoms with Crippen molar-refractivity contribution in [2.75, 3.05) is 13.2 Å². The van der Waals surface area contributed by atoms with Gasteiger partial charge in [0.25, 0.3) is 0 Å². The van der Waals surface area contributed by atoms with E-state index in [2.05, 4.69) is 37.3 Å². The predicted molar refractivity (Wildman–Crippen MR) is 69.9 cm³/mol. The van der Waals surface area contributed by atoms with Crippen molar-refractivity contribution in [2.24, 2.45) is 0 Å². The molecule has 0 bridgehead atoms. The zero-order chi connectivity index (χ0) is 12.5. The topological polar surface area (TPSA) is 39.1 Å². The van der Waals surface area contributed by atoms with Gasteiger partial charge in [0.15, 0.2) is 0 Å². The third kappa shape index (κ3) is 6.44. The molecule has 4 heteroatoms. The minimum absolute atomic E-state index is 0.498. The van der Waals surface area contributed by atoms with E-state index in [0.29, 0.717) is 6.04 Å². The third-order valence-electron chi connectivity index (χ3n) is 2.49. The molecule has 0 spiro atoms. The third-order valence-corrected chi connectivity index (χ3v) is 2.49. The quantitative estimate of drug-likeness (QED) is 0.671. The average molecular weight is 239 g/mol. The number of hydrogen-bond donors (Lipinski definition) is 1. The van der Waals surface area contributed by atoms with Gasteiger partial charge in [0.05, 0.1) is 18.8 Å². The summed E-state index contributed by atoms with van der Waals surface area (Å²) in [6.07, 6.45) is 4.34. The smallest absolute Gasteiger partial charge is 0.0762 e. The van der Waals surface area contributed by atoms with Crippen molar-refractivity contribution in [1.82, 2.24) is 15.1 Å². The van der Waals surface area contributed by atoms with Gasteiger partial charge in [-0.3, -0.25) is 4.68 Å². The molecule has 1 aromatic heterocycles. The Morgan fingerprint density at radius 2 is 2.24 bits per heavy atom. The SMILES string of the molecule is CCCCOCCn1ccc(CNC(C)C)n1. The standard InChI is InChI=1S/C13H25N3O/c1-4-5-9-17-10-8-16-7-6-13(15-16)11-14-12(2)3/h6-7,12,14H,4-5,8-11H2,1-3H3. The number of nitrogens with zero attached hydrogens (tertiary/aromatic N) is 2. The van der Waals surface area contributed by atoms with Gasteiger partial charge in [0.2, 0.25) is 0 Å². The summed E-state index contributed by atoms with van der Waals surface area (Å²) in [6, 6.07) is 2.55. The number of rotatable bonds is 9. The normalized spacial score (nSPS) is 11.3. The second kappa shape index (κ2) is 8.25. The van der Waals surface area contributed by atoms with Crippen LogP contribution in [-0.2, 0) is 17.8 Å². The van der Waals surface area contributed by atoms with E-state index in [1.807, 2.05) is 10.9 Å². The Hall–Kier alpha value is -0.870. The van der Waals surface area contributed by atoms with E-state index >= 15 is 0 Å². The maximum Gasteiger partial charge on any atom is 0.0762 e. The molecule has 17 heavy (non-hydrogen) atoms. The lowest BCUT2D eigenvalue weighted by Gasteiger charge is -2.05. The Bertz CT molecular complexity index is 297. The van der Waals surface area contributed by atoms with Crippen molar-refractivity contribution in [3.63, 3.8) is 0 Å². The van der Waals surface area contributed by atoms with Crippen molar-refractivity contribution in [1.29, 1.82) is 0 Å². The first kappa shape index (κ1) is 14.2. The summed E-state index contributed by atoms with van der Waals surface area (Å²) in [5, 5.41) is 7.83. The van der Waals surface area contributed by atoms with Gasteiger partial charge in [-0.15, -0.1) is 0 Å². The molecule has 98 valence electrons. The van der Waals surface area contributed by atoms with Gasteiger partial charge in [-0.25, -0.2) is 0 Å². The fourth-order valence-electron chi connectivity index (χ4n) is 1.44. The van der Waals surface area contributed by atoms with Crippen LogP contribution < -0.4 is 5.32 Å². The highest BCUT2D eigenvalue weighted by Gasteiger charge is 2.00. The van der Waals surface area contributed by atoms with Crippen LogP contribution >= 0.6 is 0 Å². The largest absolute Gasteiger partial charge is 0.380 e. The predicted octanol–water partition coefficient (Wildman–Crippen LogP) is 2.20. The molecule has 1 aromatic rings. The van der Waals surface area contributed by atoms with Gasteiger partial charge in [-0.2, -0.15) is 5.10 Å². The van der Waals surface area contributed by atoms with Crippen LogP contribution in [0.5, 0.6) is 0 Å². The highest BCUT2D eigenvalue weighted by molar-refractivity contribution is 4.98. The van der Waals surface area contributed by atoms with Crippen molar-refractivity contribution >= 4 is 0 Å². The Morgan fingerprint density at radius 1 is 1.41 bits per heavy atom. The highest BCUT2D eigenvalue weighted by Crippen LogP contribution is 1.97. The molecule has 0 aromatic carbocycles. The molecule has 0 radical (unpaired) electrons. The molecule has 0 saturated carbocycles. The van der Waals surface area contributed by atoms with Crippen LogP contribution in [0, 0.1) is 0 Å². The van der Waals surface area contributed by atoms with Gasteiger partial charge in [0.1, 0.15) is 0 Å². The summed E-state index contributed by atoms with van der Waals surface area (Å²) in [5.41, 5.74) is 1.09. The molecule has 1 N–H and O–H groups in total. The number of unbranched alkanes of at least 4 members (excludes halogenated alkanes) is 1. The van der Waals surface area contributed by atoms with E-state index < -0.39 is 0 Å². The van der Waals surface area contributed by atoms with Crippen molar-refractivity contribution in [2.45, 2.75) is 52.7 Å². The lowest BCUT2D eigenvalue weighted by atomic mass is 10.3. The van der Waals surface area contributed by atoms with Crippen molar-refractivity contribution in [3.8, 4) is 0 Å². The van der Waals surface area contributed by atoms with Crippen LogP contribution in [-0.4, -0.2) is 29.0 Å². The fourth-order valence-corrected chi connectivity index (χ4v) is 1.44.